The van der Waals surface area contributed by atoms with Gasteiger partial charge in [-0.15, -0.1) is 10.2 Å². The third-order valence-corrected chi connectivity index (χ3v) is 3.39. The van der Waals surface area contributed by atoms with Crippen LogP contribution >= 0.6 is 0 Å². The molecule has 7 nitrogen and oxygen atoms in total. The summed E-state index contributed by atoms with van der Waals surface area (Å²) in [4.78, 5) is 11.9. The van der Waals surface area contributed by atoms with Gasteiger partial charge in [-0.1, -0.05) is 24.3 Å². The highest BCUT2D eigenvalue weighted by Crippen LogP contribution is 2.21. The van der Waals surface area contributed by atoms with E-state index in [4.69, 9.17) is 0 Å². The molecule has 0 atom stereocenters. The van der Waals surface area contributed by atoms with E-state index in [1.165, 1.54) is 0 Å². The Morgan fingerprint density at radius 3 is 2.87 bits per heavy atom. The molecule has 3 heterocycles. The van der Waals surface area contributed by atoms with Crippen LogP contribution < -0.4 is 5.43 Å². The first-order valence-corrected chi connectivity index (χ1v) is 7.13. The number of rotatable bonds is 3. The minimum atomic E-state index is 0.327. The number of hydrogen-bond acceptors (Lipinski definition) is 6. The van der Waals surface area contributed by atoms with Crippen LogP contribution in [-0.4, -0.2) is 31.4 Å². The summed E-state index contributed by atoms with van der Waals surface area (Å²) < 4.78 is 0. The van der Waals surface area contributed by atoms with Crippen molar-refractivity contribution in [3.8, 4) is 0 Å². The summed E-state index contributed by atoms with van der Waals surface area (Å²) in [7, 11) is 0. The molecule has 0 fully saturated rings. The van der Waals surface area contributed by atoms with Gasteiger partial charge in [0, 0.05) is 16.6 Å². The van der Waals surface area contributed by atoms with Crippen molar-refractivity contribution in [2.24, 2.45) is 5.10 Å². The van der Waals surface area contributed by atoms with Gasteiger partial charge in [0.05, 0.1) is 11.9 Å². The minimum absolute atomic E-state index is 0.327. The molecular weight excluding hydrogens is 290 g/mol. The molecule has 1 aromatic carbocycles. The third kappa shape index (κ3) is 2.59. The molecule has 23 heavy (non-hydrogen) atoms. The van der Waals surface area contributed by atoms with E-state index in [1.54, 1.807) is 6.21 Å². The number of hydrazone groups is 1. The molecule has 3 aromatic heterocycles. The number of nitrogens with one attached hydrogen (secondary N) is 2. The summed E-state index contributed by atoms with van der Waals surface area (Å²) in [5.74, 6) is 0.327. The maximum Gasteiger partial charge on any atom is 0.265 e. The molecule has 0 aliphatic rings. The molecule has 0 unspecified atom stereocenters. The third-order valence-electron chi connectivity index (χ3n) is 3.39. The van der Waals surface area contributed by atoms with Gasteiger partial charge in [-0.05, 0) is 25.1 Å². The van der Waals surface area contributed by atoms with Crippen molar-refractivity contribution < 1.29 is 0 Å². The van der Waals surface area contributed by atoms with Gasteiger partial charge in [0.1, 0.15) is 5.52 Å². The summed E-state index contributed by atoms with van der Waals surface area (Å²) in [5.41, 5.74) is 6.87. The highest BCUT2D eigenvalue weighted by Gasteiger charge is 2.07. The second kappa shape index (κ2) is 5.45. The summed E-state index contributed by atoms with van der Waals surface area (Å²) >= 11 is 0. The Morgan fingerprint density at radius 1 is 1.04 bits per heavy atom. The number of aromatic nitrogens is 5. The molecule has 2 N–H and O–H groups in total. The fourth-order valence-corrected chi connectivity index (χ4v) is 2.36. The van der Waals surface area contributed by atoms with Crippen LogP contribution in [0.4, 0.5) is 5.95 Å². The van der Waals surface area contributed by atoms with E-state index in [2.05, 4.69) is 35.7 Å². The van der Waals surface area contributed by atoms with Crippen molar-refractivity contribution >= 4 is 34.2 Å². The number of benzene rings is 1. The van der Waals surface area contributed by atoms with Gasteiger partial charge >= 0.3 is 0 Å². The first-order chi connectivity index (χ1) is 11.3. The maximum atomic E-state index is 4.39. The van der Waals surface area contributed by atoms with E-state index in [-0.39, 0.29) is 0 Å². The van der Waals surface area contributed by atoms with E-state index < -0.39 is 0 Å². The lowest BCUT2D eigenvalue weighted by Crippen LogP contribution is -1.99. The summed E-state index contributed by atoms with van der Waals surface area (Å²) in [6.45, 7) is 1.93. The van der Waals surface area contributed by atoms with Crippen LogP contribution in [0.5, 0.6) is 0 Å². The molecule has 7 heteroatoms. The predicted molar refractivity (Wildman–Crippen MR) is 89.4 cm³/mol. The highest BCUT2D eigenvalue weighted by molar-refractivity contribution is 6.03. The van der Waals surface area contributed by atoms with Crippen LogP contribution in [0.3, 0.4) is 0 Å². The number of anilines is 1. The summed E-state index contributed by atoms with van der Waals surface area (Å²) in [6.07, 6.45) is 1.62. The van der Waals surface area contributed by atoms with Gasteiger partial charge in [-0.2, -0.15) is 10.1 Å². The van der Waals surface area contributed by atoms with Crippen LogP contribution in [0.2, 0.25) is 0 Å². The fourth-order valence-electron chi connectivity index (χ4n) is 2.36. The van der Waals surface area contributed by atoms with Gasteiger partial charge < -0.3 is 4.98 Å². The molecule has 4 rings (SSSR count). The van der Waals surface area contributed by atoms with Gasteiger partial charge in [0.2, 0.25) is 0 Å². The van der Waals surface area contributed by atoms with Crippen LogP contribution in [0.1, 0.15) is 11.4 Å². The van der Waals surface area contributed by atoms with Crippen molar-refractivity contribution in [3.05, 3.63) is 53.9 Å². The Morgan fingerprint density at radius 2 is 1.96 bits per heavy atom. The van der Waals surface area contributed by atoms with Gasteiger partial charge in [-0.25, -0.2) is 5.43 Å². The van der Waals surface area contributed by atoms with E-state index in [1.807, 2.05) is 49.4 Å². The Labute approximate surface area is 131 Å². The number of aryl methyl sites for hydroxylation is 1. The molecule has 0 aliphatic carbocycles. The van der Waals surface area contributed by atoms with Gasteiger partial charge in [0.15, 0.2) is 5.65 Å². The Kier molecular flexibility index (Phi) is 3.16. The lowest BCUT2D eigenvalue weighted by molar-refractivity contribution is 1.01. The molecule has 0 bridgehead atoms. The highest BCUT2D eigenvalue weighted by atomic mass is 15.4. The lowest BCUT2D eigenvalue weighted by atomic mass is 10.2. The number of H-pyrrole nitrogens is 1. The second-order valence-electron chi connectivity index (χ2n) is 5.08. The quantitative estimate of drug-likeness (QED) is 0.448. The molecular formula is C16H13N7. The van der Waals surface area contributed by atoms with Gasteiger partial charge in [-0.3, -0.25) is 4.98 Å². The van der Waals surface area contributed by atoms with E-state index in [0.717, 1.165) is 27.8 Å². The number of pyridine rings is 1. The molecule has 0 saturated heterocycles. The van der Waals surface area contributed by atoms with E-state index in [0.29, 0.717) is 11.6 Å². The molecule has 0 spiro atoms. The first kappa shape index (κ1) is 13.3. The van der Waals surface area contributed by atoms with Crippen molar-refractivity contribution in [3.63, 3.8) is 0 Å². The number of para-hydroxylation sites is 1. The van der Waals surface area contributed by atoms with Crippen molar-refractivity contribution in [1.82, 2.24) is 25.1 Å². The van der Waals surface area contributed by atoms with E-state index in [9.17, 15) is 0 Å². The second-order valence-corrected chi connectivity index (χ2v) is 5.08. The van der Waals surface area contributed by atoms with E-state index >= 15 is 0 Å². The summed E-state index contributed by atoms with van der Waals surface area (Å²) in [6, 6.07) is 13.6. The maximum absolute atomic E-state index is 4.39. The van der Waals surface area contributed by atoms with Crippen LogP contribution in [0.15, 0.2) is 47.6 Å². The van der Waals surface area contributed by atoms with Crippen molar-refractivity contribution in [1.29, 1.82) is 0 Å². The first-order valence-electron chi connectivity index (χ1n) is 7.13. The number of fused-ring (bicyclic) bond motifs is 3. The average molecular weight is 303 g/mol. The molecule has 0 amide bonds. The largest absolute Gasteiger partial charge is 0.338 e. The van der Waals surface area contributed by atoms with Crippen molar-refractivity contribution in [2.75, 3.05) is 5.43 Å². The smallest absolute Gasteiger partial charge is 0.265 e. The van der Waals surface area contributed by atoms with Crippen LogP contribution in [0, 0.1) is 6.92 Å². The van der Waals surface area contributed by atoms with Crippen molar-refractivity contribution in [2.45, 2.75) is 6.92 Å². The molecule has 0 saturated carbocycles. The Bertz CT molecular complexity index is 1020. The Balaban J connectivity index is 1.61. The monoisotopic (exact) mass is 303 g/mol. The topological polar surface area (TPSA) is 91.7 Å². The molecule has 0 aliphatic heterocycles. The SMILES string of the molecule is Cc1cccc(C=NNc2nnc3c(n2)[nH]c2ccccc23)n1. The zero-order valence-corrected chi connectivity index (χ0v) is 12.4. The minimum Gasteiger partial charge on any atom is -0.338 e. The molecule has 4 aromatic rings. The normalized spacial score (nSPS) is 11.5. The lowest BCUT2D eigenvalue weighted by Gasteiger charge is -1.97. The number of nitrogens with zero attached hydrogens (tertiary/aromatic N) is 5. The van der Waals surface area contributed by atoms with Crippen LogP contribution in [-0.2, 0) is 0 Å². The average Bonchev–Trinajstić information content (AvgIpc) is 2.92. The van der Waals surface area contributed by atoms with Crippen LogP contribution in [0.25, 0.3) is 22.1 Å². The van der Waals surface area contributed by atoms with Gasteiger partial charge in [0.25, 0.3) is 5.95 Å². The summed E-state index contributed by atoms with van der Waals surface area (Å²) in [5, 5.41) is 13.4. The zero-order valence-electron chi connectivity index (χ0n) is 12.4. The number of hydrogen-bond donors (Lipinski definition) is 2. The molecule has 0 radical (unpaired) electrons. The number of aromatic amines is 1. The predicted octanol–water partition coefficient (Wildman–Crippen LogP) is 2.66. The molecule has 112 valence electrons. The standard InChI is InChI=1S/C16H13N7/c1-10-5-4-6-11(18-10)9-17-22-16-20-15-14(21-23-16)12-7-2-3-8-13(12)19-15/h2-9H,1H3,(H2,19,20,22,23). The zero-order chi connectivity index (χ0) is 15.6. The Hall–Kier alpha value is -3.35. The fraction of sp³-hybridized carbons (Fsp3) is 0.0625.